The van der Waals surface area contributed by atoms with Crippen LogP contribution in [0.15, 0.2) is 18.2 Å². The summed E-state index contributed by atoms with van der Waals surface area (Å²) in [7, 11) is 0. The molecule has 0 amide bonds. The van der Waals surface area contributed by atoms with Crippen LogP contribution in [0.2, 0.25) is 0 Å². The molecule has 0 aromatic heterocycles. The van der Waals surface area contributed by atoms with Gasteiger partial charge in [-0.1, -0.05) is 18.6 Å². The standard InChI is InChI=1S/C17H25NO2/c18-11-15-2-1-3-16(15)12-19-8-6-13-4-5-17-14(10-13)7-9-20-17/h4-5,10,15-16H,1-3,6-9,11-12,18H2. The Hall–Kier alpha value is -1.06. The first-order valence-corrected chi connectivity index (χ1v) is 7.89. The molecule has 20 heavy (non-hydrogen) atoms. The van der Waals surface area contributed by atoms with E-state index >= 15 is 0 Å². The lowest BCUT2D eigenvalue weighted by molar-refractivity contribution is 0.0892. The van der Waals surface area contributed by atoms with E-state index in [1.54, 1.807) is 0 Å². The number of ether oxygens (including phenoxy) is 2. The van der Waals surface area contributed by atoms with Gasteiger partial charge in [0.05, 0.1) is 13.2 Å². The van der Waals surface area contributed by atoms with Crippen LogP contribution in [-0.2, 0) is 17.6 Å². The van der Waals surface area contributed by atoms with Gasteiger partial charge in [0.2, 0.25) is 0 Å². The molecule has 3 nitrogen and oxygen atoms in total. The van der Waals surface area contributed by atoms with Crippen molar-refractivity contribution < 1.29 is 9.47 Å². The molecule has 3 rings (SSSR count). The van der Waals surface area contributed by atoms with E-state index in [4.69, 9.17) is 15.2 Å². The fourth-order valence-corrected chi connectivity index (χ4v) is 3.46. The molecule has 1 aromatic rings. The summed E-state index contributed by atoms with van der Waals surface area (Å²) in [5.41, 5.74) is 8.51. The van der Waals surface area contributed by atoms with Crippen molar-refractivity contribution in [2.24, 2.45) is 17.6 Å². The average Bonchev–Trinajstić information content (AvgIpc) is 3.11. The lowest BCUT2D eigenvalue weighted by atomic mass is 9.97. The van der Waals surface area contributed by atoms with Crippen LogP contribution in [0.3, 0.4) is 0 Å². The molecule has 1 saturated carbocycles. The molecule has 1 aliphatic heterocycles. The normalized spacial score (nSPS) is 24.6. The fraction of sp³-hybridized carbons (Fsp3) is 0.647. The monoisotopic (exact) mass is 275 g/mol. The van der Waals surface area contributed by atoms with Crippen LogP contribution in [0, 0.1) is 11.8 Å². The number of benzene rings is 1. The molecular formula is C17H25NO2. The molecule has 1 heterocycles. The molecule has 0 saturated heterocycles. The van der Waals surface area contributed by atoms with Gasteiger partial charge in [-0.25, -0.2) is 0 Å². The van der Waals surface area contributed by atoms with E-state index in [0.29, 0.717) is 11.8 Å². The summed E-state index contributed by atoms with van der Waals surface area (Å²) in [5.74, 6) is 2.44. The van der Waals surface area contributed by atoms with Gasteiger partial charge in [-0.2, -0.15) is 0 Å². The number of rotatable bonds is 6. The SMILES string of the molecule is NCC1CCCC1COCCc1ccc2c(c1)CCO2. The Kier molecular flexibility index (Phi) is 4.58. The summed E-state index contributed by atoms with van der Waals surface area (Å²) in [6, 6.07) is 6.52. The summed E-state index contributed by atoms with van der Waals surface area (Å²) in [6.45, 7) is 3.35. The minimum absolute atomic E-state index is 0.687. The molecule has 3 heteroatoms. The van der Waals surface area contributed by atoms with Crippen molar-refractivity contribution in [3.8, 4) is 5.75 Å². The van der Waals surface area contributed by atoms with Crippen LogP contribution in [0.5, 0.6) is 5.75 Å². The van der Waals surface area contributed by atoms with Gasteiger partial charge >= 0.3 is 0 Å². The first-order valence-electron chi connectivity index (χ1n) is 7.89. The molecule has 0 radical (unpaired) electrons. The van der Waals surface area contributed by atoms with E-state index in [1.807, 2.05) is 0 Å². The lowest BCUT2D eigenvalue weighted by Gasteiger charge is -2.17. The van der Waals surface area contributed by atoms with E-state index < -0.39 is 0 Å². The van der Waals surface area contributed by atoms with Crippen LogP contribution in [0.25, 0.3) is 0 Å². The van der Waals surface area contributed by atoms with Crippen LogP contribution >= 0.6 is 0 Å². The van der Waals surface area contributed by atoms with Crippen LogP contribution < -0.4 is 10.5 Å². The van der Waals surface area contributed by atoms with Crippen molar-refractivity contribution in [1.29, 1.82) is 0 Å². The zero-order chi connectivity index (χ0) is 13.8. The molecule has 1 aliphatic carbocycles. The van der Waals surface area contributed by atoms with Crippen molar-refractivity contribution in [3.63, 3.8) is 0 Å². The van der Waals surface area contributed by atoms with Gasteiger partial charge in [-0.15, -0.1) is 0 Å². The molecule has 110 valence electrons. The van der Waals surface area contributed by atoms with Gasteiger partial charge in [0.25, 0.3) is 0 Å². The topological polar surface area (TPSA) is 44.5 Å². The highest BCUT2D eigenvalue weighted by molar-refractivity contribution is 5.39. The van der Waals surface area contributed by atoms with Gasteiger partial charge in [0.1, 0.15) is 5.75 Å². The van der Waals surface area contributed by atoms with Gasteiger partial charge in [-0.3, -0.25) is 0 Å². The third-order valence-electron chi connectivity index (χ3n) is 4.74. The van der Waals surface area contributed by atoms with Crippen LogP contribution in [0.1, 0.15) is 30.4 Å². The Balaban J connectivity index is 1.41. The second kappa shape index (κ2) is 6.59. The third kappa shape index (κ3) is 3.15. The van der Waals surface area contributed by atoms with Gasteiger partial charge < -0.3 is 15.2 Å². The molecule has 0 bridgehead atoms. The maximum Gasteiger partial charge on any atom is 0.122 e. The zero-order valence-corrected chi connectivity index (χ0v) is 12.1. The Morgan fingerprint density at radius 3 is 3.05 bits per heavy atom. The minimum Gasteiger partial charge on any atom is -0.493 e. The average molecular weight is 275 g/mol. The number of hydrogen-bond acceptors (Lipinski definition) is 3. The Bertz CT molecular complexity index is 447. The summed E-state index contributed by atoms with van der Waals surface area (Å²) in [4.78, 5) is 0. The molecule has 2 unspecified atom stereocenters. The largest absolute Gasteiger partial charge is 0.493 e. The highest BCUT2D eigenvalue weighted by Crippen LogP contribution is 2.31. The molecule has 2 N–H and O–H groups in total. The predicted octanol–water partition coefficient (Wildman–Crippen LogP) is 2.56. The molecule has 2 aliphatic rings. The van der Waals surface area contributed by atoms with Gasteiger partial charge in [0, 0.05) is 13.0 Å². The highest BCUT2D eigenvalue weighted by Gasteiger charge is 2.25. The predicted molar refractivity (Wildman–Crippen MR) is 80.0 cm³/mol. The second-order valence-corrected chi connectivity index (χ2v) is 6.05. The maximum absolute atomic E-state index is 5.89. The van der Waals surface area contributed by atoms with E-state index in [2.05, 4.69) is 18.2 Å². The Morgan fingerprint density at radius 2 is 2.15 bits per heavy atom. The summed E-state index contributed by atoms with van der Waals surface area (Å²) >= 11 is 0. The molecule has 1 aromatic carbocycles. The van der Waals surface area contributed by atoms with E-state index in [9.17, 15) is 0 Å². The molecule has 2 atom stereocenters. The first kappa shape index (κ1) is 13.9. The summed E-state index contributed by atoms with van der Waals surface area (Å²) in [6.07, 6.45) is 5.94. The number of nitrogens with two attached hydrogens (primary N) is 1. The quantitative estimate of drug-likeness (QED) is 0.812. The van der Waals surface area contributed by atoms with Crippen molar-refractivity contribution in [1.82, 2.24) is 0 Å². The van der Waals surface area contributed by atoms with Crippen molar-refractivity contribution in [2.75, 3.05) is 26.4 Å². The maximum atomic E-state index is 5.89. The fourth-order valence-electron chi connectivity index (χ4n) is 3.46. The first-order chi connectivity index (χ1) is 9.86. The number of hydrogen-bond donors (Lipinski definition) is 1. The zero-order valence-electron chi connectivity index (χ0n) is 12.1. The van der Waals surface area contributed by atoms with E-state index in [-0.39, 0.29) is 0 Å². The lowest BCUT2D eigenvalue weighted by Crippen LogP contribution is -2.22. The smallest absolute Gasteiger partial charge is 0.122 e. The summed E-state index contributed by atoms with van der Waals surface area (Å²) < 4.78 is 11.4. The summed E-state index contributed by atoms with van der Waals surface area (Å²) in [5, 5.41) is 0. The van der Waals surface area contributed by atoms with Crippen LogP contribution in [0.4, 0.5) is 0 Å². The molecule has 0 spiro atoms. The molecule has 1 fully saturated rings. The van der Waals surface area contributed by atoms with Crippen LogP contribution in [-0.4, -0.2) is 26.4 Å². The van der Waals surface area contributed by atoms with E-state index in [1.165, 1.54) is 30.4 Å². The van der Waals surface area contributed by atoms with Gasteiger partial charge in [-0.05, 0) is 54.8 Å². The Morgan fingerprint density at radius 1 is 1.25 bits per heavy atom. The number of fused-ring (bicyclic) bond motifs is 1. The third-order valence-corrected chi connectivity index (χ3v) is 4.74. The Labute approximate surface area is 121 Å². The highest BCUT2D eigenvalue weighted by atomic mass is 16.5. The van der Waals surface area contributed by atoms with Crippen molar-refractivity contribution in [3.05, 3.63) is 29.3 Å². The second-order valence-electron chi connectivity index (χ2n) is 6.05. The van der Waals surface area contributed by atoms with Gasteiger partial charge in [0.15, 0.2) is 0 Å². The molecular weight excluding hydrogens is 250 g/mol. The van der Waals surface area contributed by atoms with Crippen molar-refractivity contribution in [2.45, 2.75) is 32.1 Å². The van der Waals surface area contributed by atoms with E-state index in [0.717, 1.165) is 45.0 Å². The minimum atomic E-state index is 0.687. The van der Waals surface area contributed by atoms with Crippen molar-refractivity contribution >= 4 is 0 Å².